The molecule has 0 fully saturated rings. The lowest BCUT2D eigenvalue weighted by atomic mass is 9.85. The average molecular weight is 182 g/mol. The Kier molecular flexibility index (Phi) is 4.00. The van der Waals surface area contributed by atoms with E-state index in [4.69, 9.17) is 5.11 Å². The van der Waals surface area contributed by atoms with Crippen LogP contribution in [0.15, 0.2) is 12.2 Å². The van der Waals surface area contributed by atoms with E-state index in [1.165, 1.54) is 0 Å². The number of allylic oxidation sites excluding steroid dienone is 2. The van der Waals surface area contributed by atoms with E-state index in [0.29, 0.717) is 18.3 Å². The number of carboxylic acids is 1. The summed E-state index contributed by atoms with van der Waals surface area (Å²) in [5.74, 6) is 0.653. The molecule has 0 saturated carbocycles. The maximum atomic E-state index is 10.4. The lowest BCUT2D eigenvalue weighted by Gasteiger charge is -2.20. The first-order chi connectivity index (χ1) is 6.24. The molecule has 0 aromatic heterocycles. The molecule has 2 heteroatoms. The number of hydrogen-bond donors (Lipinski definition) is 1. The van der Waals surface area contributed by atoms with Gasteiger partial charge in [-0.15, -0.1) is 0 Å². The van der Waals surface area contributed by atoms with Crippen LogP contribution >= 0.6 is 0 Å². The Morgan fingerprint density at radius 2 is 2.15 bits per heavy atom. The Bertz CT molecular complexity index is 188. The van der Waals surface area contributed by atoms with Crippen LogP contribution in [0.25, 0.3) is 0 Å². The fraction of sp³-hybridized carbons (Fsp3) is 0.727. The van der Waals surface area contributed by atoms with Crippen LogP contribution in [0.3, 0.4) is 0 Å². The van der Waals surface area contributed by atoms with Gasteiger partial charge in [0.1, 0.15) is 0 Å². The summed E-state index contributed by atoms with van der Waals surface area (Å²) < 4.78 is 0. The molecule has 0 unspecified atom stereocenters. The lowest BCUT2D eigenvalue weighted by Crippen LogP contribution is -2.12. The Balaban J connectivity index is 2.29. The number of aliphatic carboxylic acids is 1. The molecule has 2 nitrogen and oxygen atoms in total. The maximum absolute atomic E-state index is 10.4. The largest absolute Gasteiger partial charge is 0.481 e. The van der Waals surface area contributed by atoms with Gasteiger partial charge in [-0.05, 0) is 31.1 Å². The quantitative estimate of drug-likeness (QED) is 0.664. The first-order valence-electron chi connectivity index (χ1n) is 5.10. The molecule has 1 aliphatic rings. The van der Waals surface area contributed by atoms with Crippen LogP contribution in [0.1, 0.15) is 39.0 Å². The summed E-state index contributed by atoms with van der Waals surface area (Å²) in [6.07, 6.45) is 9.02. The molecule has 1 rings (SSSR count). The topological polar surface area (TPSA) is 37.3 Å². The van der Waals surface area contributed by atoms with Gasteiger partial charge in [-0.3, -0.25) is 4.79 Å². The van der Waals surface area contributed by atoms with E-state index < -0.39 is 5.97 Å². The third kappa shape index (κ3) is 3.21. The van der Waals surface area contributed by atoms with E-state index in [-0.39, 0.29) is 0 Å². The summed E-state index contributed by atoms with van der Waals surface area (Å²) in [6.45, 7) is 2.16. The van der Waals surface area contributed by atoms with Crippen molar-refractivity contribution >= 4 is 5.97 Å². The molecular formula is C11H18O2. The normalized spacial score (nSPS) is 19.2. The molecule has 0 heterocycles. The van der Waals surface area contributed by atoms with E-state index >= 15 is 0 Å². The Morgan fingerprint density at radius 1 is 1.54 bits per heavy atom. The number of hydrogen-bond acceptors (Lipinski definition) is 1. The summed E-state index contributed by atoms with van der Waals surface area (Å²) in [7, 11) is 0. The molecule has 0 aromatic rings. The summed E-state index contributed by atoms with van der Waals surface area (Å²) in [6, 6.07) is 0. The van der Waals surface area contributed by atoms with Crippen molar-refractivity contribution in [3.63, 3.8) is 0 Å². The number of carboxylic acid groups (broad SMARTS) is 1. The van der Waals surface area contributed by atoms with Crippen molar-refractivity contribution in [2.75, 3.05) is 0 Å². The van der Waals surface area contributed by atoms with E-state index in [2.05, 4.69) is 19.1 Å². The van der Waals surface area contributed by atoms with Gasteiger partial charge in [0.2, 0.25) is 0 Å². The molecule has 0 aromatic carbocycles. The highest BCUT2D eigenvalue weighted by Gasteiger charge is 2.20. The molecule has 0 radical (unpaired) electrons. The molecule has 13 heavy (non-hydrogen) atoms. The molecule has 0 aliphatic heterocycles. The van der Waals surface area contributed by atoms with Gasteiger partial charge in [0, 0.05) is 6.42 Å². The second-order valence-corrected chi connectivity index (χ2v) is 3.80. The fourth-order valence-corrected chi connectivity index (χ4v) is 2.11. The first kappa shape index (κ1) is 10.3. The highest BCUT2D eigenvalue weighted by Crippen LogP contribution is 2.31. The van der Waals surface area contributed by atoms with Gasteiger partial charge in [-0.1, -0.05) is 25.5 Å². The average Bonchev–Trinajstić information content (AvgIpc) is 2.58. The molecule has 1 aliphatic carbocycles. The minimum Gasteiger partial charge on any atom is -0.481 e. The van der Waals surface area contributed by atoms with Crippen molar-refractivity contribution in [3.8, 4) is 0 Å². The van der Waals surface area contributed by atoms with Gasteiger partial charge in [0.25, 0.3) is 0 Å². The van der Waals surface area contributed by atoms with E-state index in [1.54, 1.807) is 0 Å². The highest BCUT2D eigenvalue weighted by atomic mass is 16.4. The molecular weight excluding hydrogens is 164 g/mol. The van der Waals surface area contributed by atoms with Crippen LogP contribution in [-0.2, 0) is 4.79 Å². The fourth-order valence-electron chi connectivity index (χ4n) is 2.11. The summed E-state index contributed by atoms with van der Waals surface area (Å²) in [5, 5.41) is 8.59. The lowest BCUT2D eigenvalue weighted by molar-refractivity contribution is -0.137. The monoisotopic (exact) mass is 182 g/mol. The zero-order valence-corrected chi connectivity index (χ0v) is 8.20. The molecule has 74 valence electrons. The third-order valence-corrected chi connectivity index (χ3v) is 2.96. The third-order valence-electron chi connectivity index (χ3n) is 2.96. The Labute approximate surface area is 79.6 Å². The molecule has 0 amide bonds. The van der Waals surface area contributed by atoms with Crippen molar-refractivity contribution in [1.82, 2.24) is 0 Å². The Morgan fingerprint density at radius 3 is 2.62 bits per heavy atom. The predicted molar refractivity (Wildman–Crippen MR) is 52.5 cm³/mol. The van der Waals surface area contributed by atoms with Crippen molar-refractivity contribution in [3.05, 3.63) is 12.2 Å². The molecule has 0 saturated heterocycles. The van der Waals surface area contributed by atoms with Crippen LogP contribution in [0, 0.1) is 11.8 Å². The highest BCUT2D eigenvalue weighted by molar-refractivity contribution is 5.66. The van der Waals surface area contributed by atoms with Crippen molar-refractivity contribution < 1.29 is 9.90 Å². The van der Waals surface area contributed by atoms with E-state index in [1.807, 2.05) is 0 Å². The molecule has 0 spiro atoms. The molecule has 1 atom stereocenters. The van der Waals surface area contributed by atoms with Crippen LogP contribution < -0.4 is 0 Å². The van der Waals surface area contributed by atoms with Gasteiger partial charge in [-0.2, -0.15) is 0 Å². The zero-order valence-electron chi connectivity index (χ0n) is 8.20. The SMILES string of the molecule is CC[C@@H](CCC(=O)O)C1CC=CC1. The Hall–Kier alpha value is -0.790. The standard InChI is InChI=1S/C11H18O2/c1-2-9(7-8-11(12)13)10-5-3-4-6-10/h3-4,9-10H,2,5-8H2,1H3,(H,12,13)/t9-/m0/s1. The van der Waals surface area contributed by atoms with Gasteiger partial charge < -0.3 is 5.11 Å². The van der Waals surface area contributed by atoms with Gasteiger partial charge in [-0.25, -0.2) is 0 Å². The predicted octanol–water partition coefficient (Wildman–Crippen LogP) is 2.84. The number of rotatable bonds is 5. The van der Waals surface area contributed by atoms with Crippen molar-refractivity contribution in [1.29, 1.82) is 0 Å². The maximum Gasteiger partial charge on any atom is 0.303 e. The minimum atomic E-state index is -0.663. The second-order valence-electron chi connectivity index (χ2n) is 3.80. The summed E-state index contributed by atoms with van der Waals surface area (Å²) in [4.78, 5) is 10.4. The minimum absolute atomic E-state index is 0.328. The molecule has 1 N–H and O–H groups in total. The molecule has 0 bridgehead atoms. The van der Waals surface area contributed by atoms with Crippen molar-refractivity contribution in [2.24, 2.45) is 11.8 Å². The van der Waals surface area contributed by atoms with Crippen LogP contribution in [-0.4, -0.2) is 11.1 Å². The van der Waals surface area contributed by atoms with Gasteiger partial charge >= 0.3 is 5.97 Å². The van der Waals surface area contributed by atoms with E-state index in [9.17, 15) is 4.79 Å². The number of carbonyl (C=O) groups is 1. The van der Waals surface area contributed by atoms with Crippen LogP contribution in [0.5, 0.6) is 0 Å². The smallest absolute Gasteiger partial charge is 0.303 e. The van der Waals surface area contributed by atoms with Crippen LogP contribution in [0.4, 0.5) is 0 Å². The van der Waals surface area contributed by atoms with Gasteiger partial charge in [0.15, 0.2) is 0 Å². The van der Waals surface area contributed by atoms with Crippen molar-refractivity contribution in [2.45, 2.75) is 39.0 Å². The summed E-state index contributed by atoms with van der Waals surface area (Å²) in [5.41, 5.74) is 0. The first-order valence-corrected chi connectivity index (χ1v) is 5.10. The van der Waals surface area contributed by atoms with Crippen LogP contribution in [0.2, 0.25) is 0 Å². The summed E-state index contributed by atoms with van der Waals surface area (Å²) >= 11 is 0. The van der Waals surface area contributed by atoms with Gasteiger partial charge in [0.05, 0.1) is 0 Å². The van der Waals surface area contributed by atoms with E-state index in [0.717, 1.165) is 25.7 Å². The second kappa shape index (κ2) is 5.05. The zero-order chi connectivity index (χ0) is 9.68.